The van der Waals surface area contributed by atoms with Gasteiger partial charge < -0.3 is 4.74 Å². The molecule has 0 aliphatic rings. The number of carbonyl (C=O) groups excluding carboxylic acids is 1. The number of ketones is 1. The van der Waals surface area contributed by atoms with E-state index in [2.05, 4.69) is 0 Å². The molecular weight excluding hydrogens is 238 g/mol. The van der Waals surface area contributed by atoms with Crippen LogP contribution in [0.3, 0.4) is 0 Å². The first-order valence-corrected chi connectivity index (χ1v) is 5.88. The van der Waals surface area contributed by atoms with Crippen molar-refractivity contribution in [1.29, 1.82) is 0 Å². The number of rotatable bonds is 4. The minimum atomic E-state index is -0.853. The molecule has 100 valence electrons. The Balaban J connectivity index is 3.10. The molecule has 0 N–H and O–H groups in total. The third kappa shape index (κ3) is 3.35. The van der Waals surface area contributed by atoms with Crippen LogP contribution in [0, 0.1) is 17.0 Å². The number of halogens is 2. The summed E-state index contributed by atoms with van der Waals surface area (Å²) in [7, 11) is 0. The quantitative estimate of drug-likeness (QED) is 0.769. The molecule has 0 heterocycles. The zero-order chi connectivity index (χ0) is 13.9. The molecule has 0 amide bonds. The summed E-state index contributed by atoms with van der Waals surface area (Å²) in [6, 6.07) is 2.94. The largest absolute Gasteiger partial charge is 0.370 e. The van der Waals surface area contributed by atoms with Crippen molar-refractivity contribution < 1.29 is 18.3 Å². The molecule has 0 aliphatic carbocycles. The van der Waals surface area contributed by atoms with Gasteiger partial charge >= 0.3 is 0 Å². The van der Waals surface area contributed by atoms with Crippen molar-refractivity contribution in [2.24, 2.45) is 5.41 Å². The molecule has 1 aromatic rings. The Labute approximate surface area is 106 Å². The first-order chi connectivity index (χ1) is 8.27. The van der Waals surface area contributed by atoms with Crippen LogP contribution >= 0.6 is 0 Å². The zero-order valence-corrected chi connectivity index (χ0v) is 11.1. The average Bonchev–Trinajstić information content (AvgIpc) is 2.23. The lowest BCUT2D eigenvalue weighted by Crippen LogP contribution is -2.37. The zero-order valence-electron chi connectivity index (χ0n) is 11.1. The first-order valence-electron chi connectivity index (χ1n) is 5.88. The topological polar surface area (TPSA) is 26.3 Å². The van der Waals surface area contributed by atoms with Crippen LogP contribution in [-0.2, 0) is 4.74 Å². The number of Topliss-reactive ketones (excluding diaryl/α,β-unsaturated/α-hetero) is 1. The molecule has 0 bridgehead atoms. The number of carbonyl (C=O) groups is 1. The van der Waals surface area contributed by atoms with E-state index in [-0.39, 0.29) is 5.56 Å². The van der Waals surface area contributed by atoms with E-state index in [0.29, 0.717) is 12.7 Å². The van der Waals surface area contributed by atoms with Crippen molar-refractivity contribution in [3.05, 3.63) is 35.4 Å². The van der Waals surface area contributed by atoms with Gasteiger partial charge in [0.15, 0.2) is 5.78 Å². The molecule has 0 aromatic heterocycles. The number of ether oxygens (including phenoxy) is 1. The normalized spacial score (nSPS) is 13.4. The van der Waals surface area contributed by atoms with Crippen molar-refractivity contribution >= 4 is 5.78 Å². The molecule has 0 saturated carbocycles. The van der Waals surface area contributed by atoms with E-state index in [9.17, 15) is 13.6 Å². The van der Waals surface area contributed by atoms with Crippen molar-refractivity contribution in [1.82, 2.24) is 0 Å². The molecule has 2 nitrogen and oxygen atoms in total. The summed E-state index contributed by atoms with van der Waals surface area (Å²) in [5, 5.41) is 0. The van der Waals surface area contributed by atoms with Crippen LogP contribution in [0.25, 0.3) is 0 Å². The van der Waals surface area contributed by atoms with Crippen LogP contribution in [0.4, 0.5) is 8.78 Å². The van der Waals surface area contributed by atoms with E-state index in [1.165, 1.54) is 0 Å². The summed E-state index contributed by atoms with van der Waals surface area (Å²) in [6.07, 6.45) is -0.748. The van der Waals surface area contributed by atoms with E-state index >= 15 is 0 Å². The molecule has 0 radical (unpaired) electrons. The van der Waals surface area contributed by atoms with Gasteiger partial charge in [0.05, 0.1) is 5.56 Å². The van der Waals surface area contributed by atoms with Crippen LogP contribution in [0.15, 0.2) is 18.2 Å². The van der Waals surface area contributed by atoms with Crippen LogP contribution in [0.2, 0.25) is 0 Å². The minimum Gasteiger partial charge on any atom is -0.370 e. The fraction of sp³-hybridized carbons (Fsp3) is 0.500. The molecule has 0 spiro atoms. The summed E-state index contributed by atoms with van der Waals surface area (Å²) in [4.78, 5) is 12.2. The Hall–Kier alpha value is -1.29. The Bertz CT molecular complexity index is 436. The van der Waals surface area contributed by atoms with Gasteiger partial charge in [0.2, 0.25) is 0 Å². The Morgan fingerprint density at radius 3 is 2.39 bits per heavy atom. The maximum Gasteiger partial charge on any atom is 0.195 e. The van der Waals surface area contributed by atoms with E-state index < -0.39 is 28.9 Å². The molecule has 4 heteroatoms. The summed E-state index contributed by atoms with van der Waals surface area (Å²) < 4.78 is 31.8. The summed E-state index contributed by atoms with van der Waals surface area (Å²) in [6.45, 7) is 7.65. The number of hydrogen-bond donors (Lipinski definition) is 0. The molecule has 1 unspecified atom stereocenters. The van der Waals surface area contributed by atoms with Gasteiger partial charge in [-0.05, 0) is 24.5 Å². The van der Waals surface area contributed by atoms with Gasteiger partial charge in [0, 0.05) is 12.7 Å². The van der Waals surface area contributed by atoms with E-state index in [4.69, 9.17) is 4.74 Å². The lowest BCUT2D eigenvalue weighted by Gasteiger charge is -2.29. The standard InChI is InChI=1S/C14H18F2O2/c1-5-18-13(14(2,3)4)12(17)10-7-6-9(15)8-11(10)16/h6-8,13H,5H2,1-4H3. The van der Waals surface area contributed by atoms with Crippen molar-refractivity contribution in [3.63, 3.8) is 0 Å². The van der Waals surface area contributed by atoms with Crippen molar-refractivity contribution in [3.8, 4) is 0 Å². The van der Waals surface area contributed by atoms with Gasteiger partial charge in [-0.1, -0.05) is 20.8 Å². The average molecular weight is 256 g/mol. The minimum absolute atomic E-state index is 0.134. The van der Waals surface area contributed by atoms with Gasteiger partial charge in [-0.15, -0.1) is 0 Å². The second kappa shape index (κ2) is 5.57. The highest BCUT2D eigenvalue weighted by molar-refractivity contribution is 6.00. The second-order valence-electron chi connectivity index (χ2n) is 5.19. The lowest BCUT2D eigenvalue weighted by molar-refractivity contribution is -0.000488. The lowest BCUT2D eigenvalue weighted by atomic mass is 9.84. The van der Waals surface area contributed by atoms with Gasteiger partial charge in [0.1, 0.15) is 17.7 Å². The molecule has 1 rings (SSSR count). The van der Waals surface area contributed by atoms with E-state index in [1.807, 2.05) is 20.8 Å². The summed E-state index contributed by atoms with van der Waals surface area (Å²) in [5.41, 5.74) is -0.585. The smallest absolute Gasteiger partial charge is 0.195 e. The second-order valence-corrected chi connectivity index (χ2v) is 5.19. The molecule has 1 aromatic carbocycles. The van der Waals surface area contributed by atoms with Gasteiger partial charge in [-0.3, -0.25) is 4.79 Å². The predicted octanol–water partition coefficient (Wildman–Crippen LogP) is 3.60. The van der Waals surface area contributed by atoms with Gasteiger partial charge in [-0.2, -0.15) is 0 Å². The van der Waals surface area contributed by atoms with Crippen molar-refractivity contribution in [2.75, 3.05) is 6.61 Å². The third-order valence-corrected chi connectivity index (χ3v) is 2.55. The van der Waals surface area contributed by atoms with Crippen molar-refractivity contribution in [2.45, 2.75) is 33.8 Å². The van der Waals surface area contributed by atoms with Crippen LogP contribution in [0.5, 0.6) is 0 Å². The Kier molecular flexibility index (Phi) is 4.57. The van der Waals surface area contributed by atoms with Crippen LogP contribution < -0.4 is 0 Å². The highest BCUT2D eigenvalue weighted by atomic mass is 19.1. The van der Waals surface area contributed by atoms with E-state index in [0.717, 1.165) is 12.1 Å². The Morgan fingerprint density at radius 1 is 1.33 bits per heavy atom. The molecule has 18 heavy (non-hydrogen) atoms. The summed E-state index contributed by atoms with van der Waals surface area (Å²) >= 11 is 0. The van der Waals surface area contributed by atoms with Crippen LogP contribution in [-0.4, -0.2) is 18.5 Å². The Morgan fingerprint density at radius 2 is 1.94 bits per heavy atom. The highest BCUT2D eigenvalue weighted by Gasteiger charge is 2.33. The molecule has 0 fully saturated rings. The molecule has 0 saturated heterocycles. The van der Waals surface area contributed by atoms with Crippen LogP contribution in [0.1, 0.15) is 38.1 Å². The maximum absolute atomic E-state index is 13.6. The molecular formula is C14H18F2O2. The monoisotopic (exact) mass is 256 g/mol. The third-order valence-electron chi connectivity index (χ3n) is 2.55. The predicted molar refractivity (Wildman–Crippen MR) is 65.6 cm³/mol. The van der Waals surface area contributed by atoms with E-state index in [1.54, 1.807) is 6.92 Å². The number of hydrogen-bond acceptors (Lipinski definition) is 2. The fourth-order valence-electron chi connectivity index (χ4n) is 1.72. The molecule has 0 aliphatic heterocycles. The first kappa shape index (κ1) is 14.8. The highest BCUT2D eigenvalue weighted by Crippen LogP contribution is 2.26. The SMILES string of the molecule is CCOC(C(=O)c1ccc(F)cc1F)C(C)(C)C. The fourth-order valence-corrected chi connectivity index (χ4v) is 1.72. The summed E-state index contributed by atoms with van der Waals surface area (Å²) in [5.74, 6) is -2.01. The molecule has 1 atom stereocenters. The van der Waals surface area contributed by atoms with Gasteiger partial charge in [-0.25, -0.2) is 8.78 Å². The number of benzene rings is 1. The van der Waals surface area contributed by atoms with Gasteiger partial charge in [0.25, 0.3) is 0 Å². The maximum atomic E-state index is 13.6.